The molecule has 2 atom stereocenters. The van der Waals surface area contributed by atoms with Gasteiger partial charge in [0.1, 0.15) is 11.6 Å². The van der Waals surface area contributed by atoms with Crippen LogP contribution in [0.2, 0.25) is 0 Å². The van der Waals surface area contributed by atoms with Crippen molar-refractivity contribution in [2.75, 3.05) is 49.6 Å². The van der Waals surface area contributed by atoms with Crippen molar-refractivity contribution >= 4 is 22.4 Å². The summed E-state index contributed by atoms with van der Waals surface area (Å²) < 4.78 is 19.8. The van der Waals surface area contributed by atoms with Crippen molar-refractivity contribution in [1.29, 1.82) is 5.26 Å². The van der Waals surface area contributed by atoms with Gasteiger partial charge < -0.3 is 15.0 Å². The highest BCUT2D eigenvalue weighted by Gasteiger charge is 2.30. The minimum Gasteiger partial charge on any atom is -0.378 e. The van der Waals surface area contributed by atoms with Crippen molar-refractivity contribution in [3.8, 4) is 6.07 Å². The first kappa shape index (κ1) is 22.4. The molecule has 0 aliphatic carbocycles. The molecule has 2 aromatic heterocycles. The van der Waals surface area contributed by atoms with Gasteiger partial charge in [0.2, 0.25) is 0 Å². The molecule has 5 rings (SSSR count). The molecule has 2 fully saturated rings. The van der Waals surface area contributed by atoms with Gasteiger partial charge >= 0.3 is 0 Å². The van der Waals surface area contributed by atoms with E-state index in [4.69, 9.17) is 9.72 Å². The number of aryl methyl sites for hydroxylation is 1. The van der Waals surface area contributed by atoms with Crippen LogP contribution in [0.1, 0.15) is 35.3 Å². The third kappa shape index (κ3) is 4.15. The Morgan fingerprint density at radius 1 is 1.18 bits per heavy atom. The van der Waals surface area contributed by atoms with Gasteiger partial charge in [-0.05, 0) is 50.1 Å². The number of piperazine rings is 1. The van der Waals surface area contributed by atoms with Gasteiger partial charge in [-0.25, -0.2) is 9.37 Å². The van der Waals surface area contributed by atoms with Crippen molar-refractivity contribution in [3.63, 3.8) is 0 Å². The van der Waals surface area contributed by atoms with Crippen LogP contribution in [-0.2, 0) is 4.74 Å². The number of nitriles is 1. The van der Waals surface area contributed by atoms with Gasteiger partial charge in [0.25, 0.3) is 0 Å². The van der Waals surface area contributed by atoms with Gasteiger partial charge in [0.15, 0.2) is 5.82 Å². The molecule has 8 nitrogen and oxygen atoms in total. The lowest BCUT2D eigenvalue weighted by molar-refractivity contribution is -0.0117. The Morgan fingerprint density at radius 2 is 2.03 bits per heavy atom. The minimum absolute atomic E-state index is 0.275. The van der Waals surface area contributed by atoms with Crippen LogP contribution < -0.4 is 10.2 Å². The van der Waals surface area contributed by atoms with Crippen molar-refractivity contribution in [1.82, 2.24) is 20.1 Å². The van der Waals surface area contributed by atoms with Crippen LogP contribution >= 0.6 is 0 Å². The SMILES string of the molecule is Cc1c(C#N)cc(F)cc1[C@@H](C)Nc1nnc(C)c2cnc(N3CCN4CCOC[C@@H]4C3)cc12. The summed E-state index contributed by atoms with van der Waals surface area (Å²) >= 11 is 0. The fourth-order valence-electron chi connectivity index (χ4n) is 4.94. The van der Waals surface area contributed by atoms with E-state index < -0.39 is 5.82 Å². The van der Waals surface area contributed by atoms with Crippen LogP contribution in [0, 0.1) is 31.0 Å². The minimum atomic E-state index is -0.428. The van der Waals surface area contributed by atoms with Gasteiger partial charge in [-0.3, -0.25) is 4.90 Å². The average Bonchev–Trinajstić information content (AvgIpc) is 2.86. The van der Waals surface area contributed by atoms with Crippen molar-refractivity contribution in [2.45, 2.75) is 32.9 Å². The normalized spacial score (nSPS) is 19.5. The van der Waals surface area contributed by atoms with Gasteiger partial charge in [-0.2, -0.15) is 10.4 Å². The van der Waals surface area contributed by atoms with Crippen molar-refractivity contribution in [3.05, 3.63) is 52.6 Å². The highest BCUT2D eigenvalue weighted by atomic mass is 19.1. The second kappa shape index (κ2) is 9.12. The Balaban J connectivity index is 1.47. The maximum atomic E-state index is 14.1. The first-order valence-corrected chi connectivity index (χ1v) is 11.6. The standard InChI is InChI=1S/C25H28FN7O/c1-15-18(11-27)8-19(26)9-21(15)16(2)29-25-22-10-24(28-12-23(22)17(3)30-31-25)33-5-4-32-6-7-34-14-20(32)13-33/h8-10,12,16,20H,4-7,13-14H2,1-3H3,(H,29,31)/t16-,20+/m1/s1. The number of aromatic nitrogens is 3. The van der Waals surface area contributed by atoms with Crippen LogP contribution in [-0.4, -0.2) is 65.5 Å². The van der Waals surface area contributed by atoms with Crippen LogP contribution in [0.15, 0.2) is 24.4 Å². The van der Waals surface area contributed by atoms with E-state index in [0.29, 0.717) is 17.4 Å². The van der Waals surface area contributed by atoms with Crippen LogP contribution in [0.3, 0.4) is 0 Å². The average molecular weight is 462 g/mol. The molecule has 2 saturated heterocycles. The second-order valence-electron chi connectivity index (χ2n) is 9.08. The van der Waals surface area contributed by atoms with E-state index in [0.717, 1.165) is 72.8 Å². The number of hydrogen-bond donors (Lipinski definition) is 1. The number of morpholine rings is 1. The van der Waals surface area contributed by atoms with Crippen LogP contribution in [0.25, 0.3) is 10.8 Å². The summed E-state index contributed by atoms with van der Waals surface area (Å²) in [5.41, 5.74) is 2.60. The summed E-state index contributed by atoms with van der Waals surface area (Å²) in [6, 6.07) is 6.97. The number of nitrogens with zero attached hydrogens (tertiary/aromatic N) is 6. The van der Waals surface area contributed by atoms with E-state index in [9.17, 15) is 9.65 Å². The first-order valence-electron chi connectivity index (χ1n) is 11.6. The summed E-state index contributed by atoms with van der Waals surface area (Å²) in [6.45, 7) is 11.0. The Kier molecular flexibility index (Phi) is 6.02. The van der Waals surface area contributed by atoms with Gasteiger partial charge in [0.05, 0.1) is 42.6 Å². The molecule has 0 amide bonds. The molecule has 1 aromatic carbocycles. The molecule has 1 N–H and O–H groups in total. The molecule has 2 aliphatic heterocycles. The molecule has 0 bridgehead atoms. The molecule has 176 valence electrons. The quantitative estimate of drug-likeness (QED) is 0.633. The van der Waals surface area contributed by atoms with Gasteiger partial charge in [-0.15, -0.1) is 5.10 Å². The van der Waals surface area contributed by atoms with Crippen molar-refractivity contribution in [2.24, 2.45) is 0 Å². The van der Waals surface area contributed by atoms with Crippen LogP contribution in [0.4, 0.5) is 16.0 Å². The lowest BCUT2D eigenvalue weighted by Gasteiger charge is -2.44. The molecule has 0 unspecified atom stereocenters. The molecular formula is C25H28FN7O. The number of benzene rings is 1. The summed E-state index contributed by atoms with van der Waals surface area (Å²) in [7, 11) is 0. The lowest BCUT2D eigenvalue weighted by atomic mass is 9.97. The zero-order chi connectivity index (χ0) is 23.8. The third-order valence-electron chi connectivity index (χ3n) is 6.95. The van der Waals surface area contributed by atoms with Crippen LogP contribution in [0.5, 0.6) is 0 Å². The lowest BCUT2D eigenvalue weighted by Crippen LogP contribution is -2.58. The summed E-state index contributed by atoms with van der Waals surface area (Å²) in [4.78, 5) is 9.53. The molecule has 0 radical (unpaired) electrons. The Labute approximate surface area is 198 Å². The van der Waals surface area contributed by atoms with Gasteiger partial charge in [-0.1, -0.05) is 0 Å². The smallest absolute Gasteiger partial charge is 0.157 e. The maximum absolute atomic E-state index is 14.1. The highest BCUT2D eigenvalue weighted by Crippen LogP contribution is 2.31. The summed E-state index contributed by atoms with van der Waals surface area (Å²) in [6.07, 6.45) is 1.86. The molecular weight excluding hydrogens is 433 g/mol. The summed E-state index contributed by atoms with van der Waals surface area (Å²) in [5.74, 6) is 1.08. The zero-order valence-corrected chi connectivity index (χ0v) is 19.7. The maximum Gasteiger partial charge on any atom is 0.157 e. The fourth-order valence-corrected chi connectivity index (χ4v) is 4.94. The van der Waals surface area contributed by atoms with E-state index in [1.807, 2.05) is 27.0 Å². The topological polar surface area (TPSA) is 90.2 Å². The summed E-state index contributed by atoms with van der Waals surface area (Å²) in [5, 5.41) is 23.3. The van der Waals surface area contributed by atoms with E-state index in [1.165, 1.54) is 12.1 Å². The molecule has 0 saturated carbocycles. The first-order chi connectivity index (χ1) is 16.4. The van der Waals surface area contributed by atoms with E-state index in [-0.39, 0.29) is 6.04 Å². The number of fused-ring (bicyclic) bond motifs is 2. The number of rotatable bonds is 4. The number of nitrogens with one attached hydrogen (secondary N) is 1. The number of ether oxygens (including phenoxy) is 1. The van der Waals surface area contributed by atoms with E-state index in [2.05, 4.69) is 37.4 Å². The molecule has 2 aliphatic rings. The Hall–Kier alpha value is -3.35. The molecule has 4 heterocycles. The number of anilines is 2. The Bertz CT molecular complexity index is 1270. The molecule has 34 heavy (non-hydrogen) atoms. The van der Waals surface area contributed by atoms with Crippen molar-refractivity contribution < 1.29 is 9.13 Å². The number of hydrogen-bond acceptors (Lipinski definition) is 8. The zero-order valence-electron chi connectivity index (χ0n) is 19.7. The molecule has 0 spiro atoms. The monoisotopic (exact) mass is 461 g/mol. The van der Waals surface area contributed by atoms with Gasteiger partial charge in [0, 0.05) is 43.1 Å². The fraction of sp³-hybridized carbons (Fsp3) is 0.440. The molecule has 9 heteroatoms. The van der Waals surface area contributed by atoms with E-state index in [1.54, 1.807) is 0 Å². The Morgan fingerprint density at radius 3 is 2.85 bits per heavy atom. The second-order valence-corrected chi connectivity index (χ2v) is 9.08. The molecule has 3 aromatic rings. The third-order valence-corrected chi connectivity index (χ3v) is 6.95. The highest BCUT2D eigenvalue weighted by molar-refractivity contribution is 5.94. The largest absolute Gasteiger partial charge is 0.378 e. The number of pyridine rings is 1. The number of halogens is 1. The predicted octanol–water partition coefficient (Wildman–Crippen LogP) is 3.35. The van der Waals surface area contributed by atoms with E-state index >= 15 is 0 Å². The predicted molar refractivity (Wildman–Crippen MR) is 128 cm³/mol.